The Labute approximate surface area is 108 Å². The molecule has 3 heterocycles. The van der Waals surface area contributed by atoms with Gasteiger partial charge >= 0.3 is 0 Å². The number of nitrogens with zero attached hydrogens (tertiary/aromatic N) is 4. The molecule has 18 heavy (non-hydrogen) atoms. The molecule has 5 nitrogen and oxygen atoms in total. The quantitative estimate of drug-likeness (QED) is 0.810. The number of ether oxygens (including phenoxy) is 1. The second-order valence-corrected chi connectivity index (χ2v) is 5.33. The van der Waals surface area contributed by atoms with Crippen molar-refractivity contribution in [3.63, 3.8) is 0 Å². The average Bonchev–Trinajstić information content (AvgIpc) is 3.10. The minimum atomic E-state index is 0.538. The fourth-order valence-electron chi connectivity index (χ4n) is 2.98. The van der Waals surface area contributed by atoms with E-state index in [0.29, 0.717) is 12.1 Å². The first-order valence-electron chi connectivity index (χ1n) is 7.09. The second kappa shape index (κ2) is 5.36. The van der Waals surface area contributed by atoms with Crippen molar-refractivity contribution < 1.29 is 4.74 Å². The molecule has 0 aliphatic carbocycles. The standard InChI is InChI=1S/C13H22N4O/c1-2-11-9-17(15-14-11)12-3-6-16(7-4-12)13-5-8-18-10-13/h9,12-13H,2-8,10H2,1H3. The molecule has 2 saturated heterocycles. The highest BCUT2D eigenvalue weighted by Gasteiger charge is 2.28. The van der Waals surface area contributed by atoms with E-state index < -0.39 is 0 Å². The van der Waals surface area contributed by atoms with Crippen LogP contribution in [0.1, 0.15) is 37.9 Å². The molecule has 0 N–H and O–H groups in total. The molecular weight excluding hydrogens is 228 g/mol. The summed E-state index contributed by atoms with van der Waals surface area (Å²) in [5.74, 6) is 0. The maximum Gasteiger partial charge on any atom is 0.0824 e. The fraction of sp³-hybridized carbons (Fsp3) is 0.846. The van der Waals surface area contributed by atoms with Crippen LogP contribution < -0.4 is 0 Å². The Bertz CT molecular complexity index is 378. The molecule has 1 atom stereocenters. The average molecular weight is 250 g/mol. The van der Waals surface area contributed by atoms with Gasteiger partial charge in [0.05, 0.1) is 18.3 Å². The van der Waals surface area contributed by atoms with Gasteiger partial charge in [-0.3, -0.25) is 4.90 Å². The van der Waals surface area contributed by atoms with Crippen molar-refractivity contribution in [2.45, 2.75) is 44.7 Å². The van der Waals surface area contributed by atoms with Crippen LogP contribution in [0.4, 0.5) is 0 Å². The van der Waals surface area contributed by atoms with Crippen LogP contribution in [-0.4, -0.2) is 52.2 Å². The van der Waals surface area contributed by atoms with E-state index in [-0.39, 0.29) is 0 Å². The first kappa shape index (κ1) is 12.1. The Hall–Kier alpha value is -0.940. The lowest BCUT2D eigenvalue weighted by Gasteiger charge is -2.35. The third-order valence-corrected chi connectivity index (χ3v) is 4.22. The van der Waals surface area contributed by atoms with E-state index in [1.165, 1.54) is 32.4 Å². The molecule has 0 saturated carbocycles. The molecule has 3 rings (SSSR count). The maximum absolute atomic E-state index is 5.47. The van der Waals surface area contributed by atoms with Gasteiger partial charge in [-0.05, 0) is 25.7 Å². The first-order chi connectivity index (χ1) is 8.86. The number of hydrogen-bond donors (Lipinski definition) is 0. The van der Waals surface area contributed by atoms with Gasteiger partial charge in [-0.15, -0.1) is 5.10 Å². The molecule has 2 fully saturated rings. The number of likely N-dealkylation sites (tertiary alicyclic amines) is 1. The lowest BCUT2D eigenvalue weighted by molar-refractivity contribution is 0.109. The van der Waals surface area contributed by atoms with Gasteiger partial charge in [-0.1, -0.05) is 12.1 Å². The molecule has 0 spiro atoms. The molecule has 2 aliphatic rings. The van der Waals surface area contributed by atoms with Gasteiger partial charge in [0, 0.05) is 31.9 Å². The van der Waals surface area contributed by atoms with Crippen molar-refractivity contribution in [2.75, 3.05) is 26.3 Å². The summed E-state index contributed by atoms with van der Waals surface area (Å²) in [5.41, 5.74) is 1.10. The zero-order valence-electron chi connectivity index (χ0n) is 11.1. The Balaban J connectivity index is 1.55. The molecule has 0 radical (unpaired) electrons. The monoisotopic (exact) mass is 250 g/mol. The maximum atomic E-state index is 5.47. The number of aryl methyl sites for hydroxylation is 1. The normalized spacial score (nSPS) is 26.8. The van der Waals surface area contributed by atoms with Crippen LogP contribution in [0.3, 0.4) is 0 Å². The predicted molar refractivity (Wildman–Crippen MR) is 68.5 cm³/mol. The van der Waals surface area contributed by atoms with Crippen LogP contribution in [0.5, 0.6) is 0 Å². The van der Waals surface area contributed by atoms with Crippen molar-refractivity contribution in [3.05, 3.63) is 11.9 Å². The number of aromatic nitrogens is 3. The van der Waals surface area contributed by atoms with Crippen molar-refractivity contribution >= 4 is 0 Å². The molecule has 1 aromatic rings. The highest BCUT2D eigenvalue weighted by Crippen LogP contribution is 2.25. The third kappa shape index (κ3) is 2.42. The Kier molecular flexibility index (Phi) is 3.61. The molecular formula is C13H22N4O. The second-order valence-electron chi connectivity index (χ2n) is 5.33. The summed E-state index contributed by atoms with van der Waals surface area (Å²) in [7, 11) is 0. The van der Waals surface area contributed by atoms with Gasteiger partial charge < -0.3 is 4.74 Å². The summed E-state index contributed by atoms with van der Waals surface area (Å²) >= 11 is 0. The Morgan fingerprint density at radius 3 is 2.72 bits per heavy atom. The van der Waals surface area contributed by atoms with Crippen molar-refractivity contribution in [1.82, 2.24) is 19.9 Å². The molecule has 0 aromatic carbocycles. The van der Waals surface area contributed by atoms with E-state index in [0.717, 1.165) is 25.3 Å². The van der Waals surface area contributed by atoms with Gasteiger partial charge in [-0.2, -0.15) is 0 Å². The minimum absolute atomic E-state index is 0.538. The summed E-state index contributed by atoms with van der Waals surface area (Å²) in [4.78, 5) is 2.58. The summed E-state index contributed by atoms with van der Waals surface area (Å²) < 4.78 is 7.54. The fourth-order valence-corrected chi connectivity index (χ4v) is 2.98. The molecule has 100 valence electrons. The van der Waals surface area contributed by atoms with E-state index in [9.17, 15) is 0 Å². The molecule has 0 bridgehead atoms. The summed E-state index contributed by atoms with van der Waals surface area (Å²) in [6.07, 6.45) is 6.65. The van der Waals surface area contributed by atoms with Gasteiger partial charge in [0.2, 0.25) is 0 Å². The first-order valence-corrected chi connectivity index (χ1v) is 7.09. The van der Waals surface area contributed by atoms with Gasteiger partial charge in [-0.25, -0.2) is 4.68 Å². The zero-order valence-corrected chi connectivity index (χ0v) is 11.1. The number of piperidine rings is 1. The van der Waals surface area contributed by atoms with Crippen molar-refractivity contribution in [3.8, 4) is 0 Å². The van der Waals surface area contributed by atoms with Crippen molar-refractivity contribution in [1.29, 1.82) is 0 Å². The van der Waals surface area contributed by atoms with E-state index in [2.05, 4.69) is 33.0 Å². The Morgan fingerprint density at radius 2 is 2.11 bits per heavy atom. The lowest BCUT2D eigenvalue weighted by Crippen LogP contribution is -2.42. The zero-order chi connectivity index (χ0) is 12.4. The van der Waals surface area contributed by atoms with Gasteiger partial charge in [0.15, 0.2) is 0 Å². The number of hydrogen-bond acceptors (Lipinski definition) is 4. The Morgan fingerprint density at radius 1 is 1.28 bits per heavy atom. The van der Waals surface area contributed by atoms with Crippen LogP contribution in [-0.2, 0) is 11.2 Å². The third-order valence-electron chi connectivity index (χ3n) is 4.22. The smallest absolute Gasteiger partial charge is 0.0824 e. The van der Waals surface area contributed by atoms with Crippen LogP contribution in [0.2, 0.25) is 0 Å². The molecule has 1 unspecified atom stereocenters. The topological polar surface area (TPSA) is 43.2 Å². The van der Waals surface area contributed by atoms with Crippen LogP contribution in [0.15, 0.2) is 6.20 Å². The minimum Gasteiger partial charge on any atom is -0.380 e. The van der Waals surface area contributed by atoms with Gasteiger partial charge in [0.25, 0.3) is 0 Å². The van der Waals surface area contributed by atoms with Crippen molar-refractivity contribution in [2.24, 2.45) is 0 Å². The van der Waals surface area contributed by atoms with Crippen LogP contribution in [0.25, 0.3) is 0 Å². The summed E-state index contributed by atoms with van der Waals surface area (Å²) in [6.45, 7) is 6.32. The molecule has 1 aromatic heterocycles. The van der Waals surface area contributed by atoms with Gasteiger partial charge in [0.1, 0.15) is 0 Å². The molecule has 2 aliphatic heterocycles. The largest absolute Gasteiger partial charge is 0.380 e. The van der Waals surface area contributed by atoms with Crippen LogP contribution in [0, 0.1) is 0 Å². The summed E-state index contributed by atoms with van der Waals surface area (Å²) in [6, 6.07) is 1.20. The number of rotatable bonds is 3. The van der Waals surface area contributed by atoms with E-state index in [1.807, 2.05) is 0 Å². The van der Waals surface area contributed by atoms with E-state index in [1.54, 1.807) is 0 Å². The molecule has 0 amide bonds. The lowest BCUT2D eigenvalue weighted by atomic mass is 10.0. The van der Waals surface area contributed by atoms with E-state index in [4.69, 9.17) is 4.74 Å². The molecule has 5 heteroatoms. The van der Waals surface area contributed by atoms with Crippen LogP contribution >= 0.6 is 0 Å². The SMILES string of the molecule is CCc1cn(C2CCN(C3CCOC3)CC2)nn1. The summed E-state index contributed by atoms with van der Waals surface area (Å²) in [5, 5.41) is 8.44. The predicted octanol–water partition coefficient (Wildman–Crippen LogP) is 1.27. The van der Waals surface area contributed by atoms with E-state index >= 15 is 0 Å². The highest BCUT2D eigenvalue weighted by molar-refractivity contribution is 4.93. The highest BCUT2D eigenvalue weighted by atomic mass is 16.5.